The maximum absolute atomic E-state index is 11.7. The monoisotopic (exact) mass is 444 g/mol. The zero-order chi connectivity index (χ0) is 15.6. The fourth-order valence-corrected chi connectivity index (χ4v) is 3.58. The maximum Gasteiger partial charge on any atom is 0.253 e. The molecule has 9 heteroatoms. The fraction of sp³-hybridized carbons (Fsp3) is 0.417. The van der Waals surface area contributed by atoms with Gasteiger partial charge in [-0.15, -0.1) is 0 Å². The summed E-state index contributed by atoms with van der Waals surface area (Å²) in [5.41, 5.74) is 1.35. The zero-order valence-electron chi connectivity index (χ0n) is 11.2. The summed E-state index contributed by atoms with van der Waals surface area (Å²) >= 11 is 8.32. The molecule has 1 aliphatic heterocycles. The van der Waals surface area contributed by atoms with Crippen LogP contribution >= 0.6 is 34.2 Å². The topological polar surface area (TPSA) is 84.5 Å². The van der Waals surface area contributed by atoms with E-state index in [-0.39, 0.29) is 5.91 Å². The Balaban J connectivity index is 1.99. The maximum atomic E-state index is 11.7. The molecule has 0 aromatic heterocycles. The van der Waals surface area contributed by atoms with Gasteiger partial charge in [0.2, 0.25) is 10.0 Å². The second-order valence-corrected chi connectivity index (χ2v) is 7.95. The van der Waals surface area contributed by atoms with E-state index in [1.807, 2.05) is 0 Å². The third-order valence-corrected chi connectivity index (χ3v) is 4.87. The molecule has 1 aromatic carbocycles. The lowest BCUT2D eigenvalue weighted by atomic mass is 10.1. The first-order valence-electron chi connectivity index (χ1n) is 6.16. The van der Waals surface area contributed by atoms with Gasteiger partial charge >= 0.3 is 0 Å². The Morgan fingerprint density at radius 3 is 2.90 bits per heavy atom. The van der Waals surface area contributed by atoms with Crippen LogP contribution in [-0.4, -0.2) is 33.7 Å². The molecule has 0 aliphatic carbocycles. The van der Waals surface area contributed by atoms with Crippen LogP contribution in [0.15, 0.2) is 6.07 Å². The van der Waals surface area contributed by atoms with Crippen LogP contribution in [0.4, 0.5) is 0 Å². The first-order valence-corrected chi connectivity index (χ1v) is 9.51. The van der Waals surface area contributed by atoms with Gasteiger partial charge in [-0.3, -0.25) is 4.79 Å². The highest BCUT2D eigenvalue weighted by atomic mass is 127. The van der Waals surface area contributed by atoms with Crippen LogP contribution in [0.5, 0.6) is 5.75 Å². The first-order chi connectivity index (χ1) is 9.79. The first kappa shape index (κ1) is 16.8. The van der Waals surface area contributed by atoms with E-state index in [0.29, 0.717) is 42.5 Å². The number of fused-ring (bicyclic) bond motifs is 1. The van der Waals surface area contributed by atoms with Gasteiger partial charge in [0.15, 0.2) is 0 Å². The molecule has 0 saturated heterocycles. The number of carbonyl (C=O) groups is 1. The summed E-state index contributed by atoms with van der Waals surface area (Å²) in [6.07, 6.45) is 1.63. The quantitative estimate of drug-likeness (QED) is 0.515. The van der Waals surface area contributed by atoms with Crippen LogP contribution in [0, 0.1) is 3.57 Å². The van der Waals surface area contributed by atoms with Gasteiger partial charge in [-0.1, -0.05) is 11.6 Å². The standard InChI is InChI=1S/C12H14ClIN2O4S/c1-21(18,19)16-3-2-4-20-9-5-8(14)10-7(11(9)13)6-15-12(10)17/h5,16H,2-4,6H2,1H3,(H,15,17). The number of rotatable bonds is 6. The number of amides is 1. The lowest BCUT2D eigenvalue weighted by Crippen LogP contribution is -2.24. The summed E-state index contributed by atoms with van der Waals surface area (Å²) in [5.74, 6) is 0.385. The van der Waals surface area contributed by atoms with Gasteiger partial charge in [-0.05, 0) is 35.1 Å². The molecule has 1 aliphatic rings. The van der Waals surface area contributed by atoms with E-state index >= 15 is 0 Å². The van der Waals surface area contributed by atoms with Crippen molar-refractivity contribution in [3.63, 3.8) is 0 Å². The molecule has 6 nitrogen and oxygen atoms in total. The van der Waals surface area contributed by atoms with Crippen LogP contribution < -0.4 is 14.8 Å². The summed E-state index contributed by atoms with van der Waals surface area (Å²) in [5, 5.41) is 3.16. The minimum Gasteiger partial charge on any atom is -0.492 e. The third kappa shape index (κ3) is 4.21. The Morgan fingerprint density at radius 1 is 1.52 bits per heavy atom. The molecule has 0 spiro atoms. The Bertz CT molecular complexity index is 678. The van der Waals surface area contributed by atoms with Gasteiger partial charge in [-0.25, -0.2) is 13.1 Å². The summed E-state index contributed by atoms with van der Waals surface area (Å²) in [6.45, 7) is 1.03. The molecular formula is C12H14ClIN2O4S. The molecule has 0 radical (unpaired) electrons. The van der Waals surface area contributed by atoms with Gasteiger partial charge in [0.1, 0.15) is 5.75 Å². The molecule has 0 bridgehead atoms. The number of nitrogens with one attached hydrogen (secondary N) is 2. The Labute approximate surface area is 141 Å². The van der Waals surface area contributed by atoms with Crippen molar-refractivity contribution >= 4 is 50.1 Å². The highest BCUT2D eigenvalue weighted by Crippen LogP contribution is 2.36. The fourth-order valence-electron chi connectivity index (χ4n) is 1.94. The van der Waals surface area contributed by atoms with Crippen LogP contribution in [0.1, 0.15) is 22.3 Å². The molecule has 116 valence electrons. The van der Waals surface area contributed by atoms with E-state index in [2.05, 4.69) is 32.6 Å². The average Bonchev–Trinajstić information content (AvgIpc) is 2.76. The molecule has 2 rings (SSSR count). The van der Waals surface area contributed by atoms with E-state index in [4.69, 9.17) is 16.3 Å². The second-order valence-electron chi connectivity index (χ2n) is 4.58. The van der Waals surface area contributed by atoms with E-state index in [1.165, 1.54) is 0 Å². The highest BCUT2D eigenvalue weighted by molar-refractivity contribution is 14.1. The minimum atomic E-state index is -3.18. The summed E-state index contributed by atoms with van der Waals surface area (Å²) in [6, 6.07) is 1.72. The van der Waals surface area contributed by atoms with Crippen LogP contribution in [0.25, 0.3) is 0 Å². The predicted octanol–water partition coefficient (Wildman–Crippen LogP) is 1.51. The summed E-state index contributed by atoms with van der Waals surface area (Å²) in [4.78, 5) is 11.7. The molecule has 0 fully saturated rings. The van der Waals surface area contributed by atoms with E-state index in [9.17, 15) is 13.2 Å². The van der Waals surface area contributed by atoms with E-state index < -0.39 is 10.0 Å². The van der Waals surface area contributed by atoms with Crippen molar-refractivity contribution in [3.05, 3.63) is 25.8 Å². The SMILES string of the molecule is CS(=O)(=O)NCCCOc1cc(I)c2c(c1Cl)CNC2=O. The lowest BCUT2D eigenvalue weighted by Gasteiger charge is -2.11. The van der Waals surface area contributed by atoms with Gasteiger partial charge in [-0.2, -0.15) is 0 Å². The molecule has 1 heterocycles. The number of halogens is 2. The summed E-state index contributed by atoms with van der Waals surface area (Å²) < 4.78 is 30.6. The van der Waals surface area contributed by atoms with Gasteiger partial charge in [0, 0.05) is 22.2 Å². The van der Waals surface area contributed by atoms with Crippen LogP contribution in [0.2, 0.25) is 5.02 Å². The van der Waals surface area contributed by atoms with Crippen LogP contribution in [-0.2, 0) is 16.6 Å². The highest BCUT2D eigenvalue weighted by Gasteiger charge is 2.26. The van der Waals surface area contributed by atoms with Gasteiger partial charge < -0.3 is 10.1 Å². The van der Waals surface area contributed by atoms with Crippen molar-refractivity contribution in [2.45, 2.75) is 13.0 Å². The van der Waals surface area contributed by atoms with Gasteiger partial charge in [0.25, 0.3) is 5.91 Å². The molecule has 0 atom stereocenters. The largest absolute Gasteiger partial charge is 0.492 e. The van der Waals surface area contributed by atoms with E-state index in [1.54, 1.807) is 6.07 Å². The van der Waals surface area contributed by atoms with Crippen molar-refractivity contribution in [1.29, 1.82) is 0 Å². The van der Waals surface area contributed by atoms with Crippen molar-refractivity contribution < 1.29 is 17.9 Å². The Hall–Kier alpha value is -0.580. The average molecular weight is 445 g/mol. The molecule has 1 amide bonds. The van der Waals surface area contributed by atoms with Crippen molar-refractivity contribution in [2.24, 2.45) is 0 Å². The third-order valence-electron chi connectivity index (χ3n) is 2.88. The Morgan fingerprint density at radius 2 is 2.24 bits per heavy atom. The zero-order valence-corrected chi connectivity index (χ0v) is 14.9. The number of hydrogen-bond donors (Lipinski definition) is 2. The van der Waals surface area contributed by atoms with Crippen molar-refractivity contribution in [3.8, 4) is 5.75 Å². The number of hydrogen-bond acceptors (Lipinski definition) is 4. The molecular weight excluding hydrogens is 431 g/mol. The number of ether oxygens (including phenoxy) is 1. The molecule has 21 heavy (non-hydrogen) atoms. The predicted molar refractivity (Wildman–Crippen MR) is 88.3 cm³/mol. The number of carbonyl (C=O) groups excluding carboxylic acids is 1. The molecule has 2 N–H and O–H groups in total. The molecule has 0 unspecified atom stereocenters. The lowest BCUT2D eigenvalue weighted by molar-refractivity contribution is 0.0965. The molecule has 1 aromatic rings. The smallest absolute Gasteiger partial charge is 0.253 e. The van der Waals surface area contributed by atoms with E-state index in [0.717, 1.165) is 15.4 Å². The van der Waals surface area contributed by atoms with Crippen molar-refractivity contribution in [2.75, 3.05) is 19.4 Å². The Kier molecular flexibility index (Phi) is 5.33. The normalized spacial score (nSPS) is 14.0. The van der Waals surface area contributed by atoms with Crippen LogP contribution in [0.3, 0.4) is 0 Å². The van der Waals surface area contributed by atoms with Crippen molar-refractivity contribution in [1.82, 2.24) is 10.0 Å². The molecule has 0 saturated carbocycles. The number of sulfonamides is 1. The summed E-state index contributed by atoms with van der Waals surface area (Å²) in [7, 11) is -3.18. The minimum absolute atomic E-state index is 0.125. The van der Waals surface area contributed by atoms with Gasteiger partial charge in [0.05, 0.1) is 23.4 Å². The second kappa shape index (κ2) is 6.67. The number of benzene rings is 1.